The molecule has 1 aliphatic rings. The lowest BCUT2D eigenvalue weighted by atomic mass is 10.1. The largest absolute Gasteiger partial charge is 0.348 e. The number of nitrogens with one attached hydrogen (secondary N) is 2. The Morgan fingerprint density at radius 2 is 1.60 bits per heavy atom. The molecule has 0 aromatic heterocycles. The Kier molecular flexibility index (Phi) is 4.85. The van der Waals surface area contributed by atoms with Crippen molar-refractivity contribution < 1.29 is 18.0 Å². The van der Waals surface area contributed by atoms with E-state index in [0.717, 1.165) is 0 Å². The predicted octanol–water partition coefficient (Wildman–Crippen LogP) is 1.86. The molecule has 0 aliphatic carbocycles. The highest BCUT2D eigenvalue weighted by atomic mass is 32.2. The summed E-state index contributed by atoms with van der Waals surface area (Å²) in [5.74, 6) is -0.669. The maximum absolute atomic E-state index is 12.5. The second kappa shape index (κ2) is 7.06. The van der Waals surface area contributed by atoms with Gasteiger partial charge in [-0.15, -0.1) is 0 Å². The molecule has 1 aliphatic heterocycles. The Labute approximate surface area is 146 Å². The monoisotopic (exact) mass is 358 g/mol. The normalized spacial score (nSPS) is 18.5. The third-order valence-electron chi connectivity index (χ3n) is 4.02. The maximum Gasteiger partial charge on any atom is 0.255 e. The Hall–Kier alpha value is -2.67. The van der Waals surface area contributed by atoms with Crippen molar-refractivity contribution in [2.75, 3.05) is 16.8 Å². The van der Waals surface area contributed by atoms with Crippen LogP contribution in [0, 0.1) is 0 Å². The molecule has 1 saturated heterocycles. The molecule has 1 unspecified atom stereocenters. The standard InChI is InChI=1S/C18H18N2O4S/c21-17(13-6-2-1-3-7-13)20-16-9-5-4-8-15(16)18(22)19-14-10-11-25(23,24)12-14/h1-9,14H,10-12H2,(H,19,22)(H,20,21). The van der Waals surface area contributed by atoms with Gasteiger partial charge < -0.3 is 10.6 Å². The van der Waals surface area contributed by atoms with Crippen molar-refractivity contribution >= 4 is 27.3 Å². The summed E-state index contributed by atoms with van der Waals surface area (Å²) in [6.45, 7) is 0. The Morgan fingerprint density at radius 1 is 0.920 bits per heavy atom. The molecule has 2 aromatic carbocycles. The molecule has 2 N–H and O–H groups in total. The Balaban J connectivity index is 1.74. The summed E-state index contributed by atoms with van der Waals surface area (Å²) in [5, 5.41) is 5.47. The first-order valence-electron chi connectivity index (χ1n) is 7.91. The molecular weight excluding hydrogens is 340 g/mol. The van der Waals surface area contributed by atoms with E-state index in [2.05, 4.69) is 10.6 Å². The first kappa shape index (κ1) is 17.2. The van der Waals surface area contributed by atoms with Crippen molar-refractivity contribution in [1.29, 1.82) is 0 Å². The highest BCUT2D eigenvalue weighted by molar-refractivity contribution is 7.91. The molecule has 0 radical (unpaired) electrons. The number of rotatable bonds is 4. The van der Waals surface area contributed by atoms with Gasteiger partial charge in [-0.05, 0) is 30.7 Å². The van der Waals surface area contributed by atoms with Crippen LogP contribution in [0.15, 0.2) is 54.6 Å². The zero-order chi connectivity index (χ0) is 17.9. The average Bonchev–Trinajstić information content (AvgIpc) is 2.94. The van der Waals surface area contributed by atoms with E-state index >= 15 is 0 Å². The van der Waals surface area contributed by atoms with Crippen LogP contribution in [0.5, 0.6) is 0 Å². The molecule has 1 fully saturated rings. The van der Waals surface area contributed by atoms with Gasteiger partial charge >= 0.3 is 0 Å². The van der Waals surface area contributed by atoms with Gasteiger partial charge in [0.05, 0.1) is 22.8 Å². The van der Waals surface area contributed by atoms with Crippen LogP contribution in [0.2, 0.25) is 0 Å². The number of amides is 2. The van der Waals surface area contributed by atoms with E-state index in [1.807, 2.05) is 6.07 Å². The van der Waals surface area contributed by atoms with E-state index < -0.39 is 21.8 Å². The third-order valence-corrected chi connectivity index (χ3v) is 5.79. The van der Waals surface area contributed by atoms with Crippen LogP contribution in [-0.2, 0) is 9.84 Å². The van der Waals surface area contributed by atoms with Gasteiger partial charge in [0.15, 0.2) is 9.84 Å². The van der Waals surface area contributed by atoms with Crippen LogP contribution in [0.1, 0.15) is 27.1 Å². The predicted molar refractivity (Wildman–Crippen MR) is 95.4 cm³/mol. The fourth-order valence-corrected chi connectivity index (χ4v) is 4.42. The molecule has 130 valence electrons. The van der Waals surface area contributed by atoms with Gasteiger partial charge in [0.25, 0.3) is 11.8 Å². The number of hydrogen-bond donors (Lipinski definition) is 2. The number of para-hydroxylation sites is 1. The van der Waals surface area contributed by atoms with Gasteiger partial charge in [0.2, 0.25) is 0 Å². The molecule has 0 bridgehead atoms. The quantitative estimate of drug-likeness (QED) is 0.872. The molecule has 2 aromatic rings. The van der Waals surface area contributed by atoms with Crippen LogP contribution in [-0.4, -0.2) is 37.8 Å². The molecule has 0 saturated carbocycles. The van der Waals surface area contributed by atoms with Crippen molar-refractivity contribution in [1.82, 2.24) is 5.32 Å². The van der Waals surface area contributed by atoms with E-state index in [1.54, 1.807) is 48.5 Å². The van der Waals surface area contributed by atoms with E-state index in [1.165, 1.54) is 0 Å². The molecule has 0 spiro atoms. The molecular formula is C18H18N2O4S. The second-order valence-electron chi connectivity index (χ2n) is 5.94. The molecule has 3 rings (SSSR count). The van der Waals surface area contributed by atoms with Crippen LogP contribution < -0.4 is 10.6 Å². The van der Waals surface area contributed by atoms with Crippen LogP contribution in [0.3, 0.4) is 0 Å². The summed E-state index contributed by atoms with van der Waals surface area (Å²) >= 11 is 0. The van der Waals surface area contributed by atoms with Gasteiger partial charge in [-0.1, -0.05) is 30.3 Å². The van der Waals surface area contributed by atoms with Crippen molar-refractivity contribution in [3.8, 4) is 0 Å². The molecule has 1 heterocycles. The van der Waals surface area contributed by atoms with Crippen LogP contribution >= 0.6 is 0 Å². The molecule has 2 amide bonds. The zero-order valence-electron chi connectivity index (χ0n) is 13.4. The Morgan fingerprint density at radius 3 is 2.28 bits per heavy atom. The minimum absolute atomic E-state index is 0.0444. The zero-order valence-corrected chi connectivity index (χ0v) is 14.3. The summed E-state index contributed by atoms with van der Waals surface area (Å²) in [7, 11) is -3.07. The smallest absolute Gasteiger partial charge is 0.255 e. The Bertz CT molecular complexity index is 894. The molecule has 25 heavy (non-hydrogen) atoms. The fourth-order valence-electron chi connectivity index (χ4n) is 2.75. The van der Waals surface area contributed by atoms with E-state index in [0.29, 0.717) is 23.2 Å². The van der Waals surface area contributed by atoms with E-state index in [9.17, 15) is 18.0 Å². The topological polar surface area (TPSA) is 92.3 Å². The second-order valence-corrected chi connectivity index (χ2v) is 8.17. The van der Waals surface area contributed by atoms with Crippen LogP contribution in [0.25, 0.3) is 0 Å². The number of anilines is 1. The summed E-state index contributed by atoms with van der Waals surface area (Å²) in [4.78, 5) is 24.8. The number of carbonyl (C=O) groups is 2. The van der Waals surface area contributed by atoms with Crippen molar-refractivity contribution in [3.63, 3.8) is 0 Å². The summed E-state index contributed by atoms with van der Waals surface area (Å²) in [6, 6.07) is 14.9. The summed E-state index contributed by atoms with van der Waals surface area (Å²) in [5.41, 5.74) is 1.17. The summed E-state index contributed by atoms with van der Waals surface area (Å²) < 4.78 is 23.0. The maximum atomic E-state index is 12.5. The number of carbonyl (C=O) groups excluding carboxylic acids is 2. The van der Waals surface area contributed by atoms with E-state index in [-0.39, 0.29) is 17.4 Å². The first-order valence-corrected chi connectivity index (χ1v) is 9.73. The molecule has 6 nitrogen and oxygen atoms in total. The summed E-state index contributed by atoms with van der Waals surface area (Å²) in [6.07, 6.45) is 0.409. The molecule has 7 heteroatoms. The first-order chi connectivity index (χ1) is 11.9. The number of hydrogen-bond acceptors (Lipinski definition) is 4. The highest BCUT2D eigenvalue weighted by Gasteiger charge is 2.29. The van der Waals surface area contributed by atoms with Gasteiger partial charge in [0.1, 0.15) is 0 Å². The lowest BCUT2D eigenvalue weighted by molar-refractivity contribution is 0.0942. The number of sulfone groups is 1. The molecule has 1 atom stereocenters. The lowest BCUT2D eigenvalue weighted by Crippen LogP contribution is -2.36. The fraction of sp³-hybridized carbons (Fsp3) is 0.222. The van der Waals surface area contributed by atoms with Crippen LogP contribution in [0.4, 0.5) is 5.69 Å². The van der Waals surface area contributed by atoms with Crippen molar-refractivity contribution in [2.24, 2.45) is 0 Å². The highest BCUT2D eigenvalue weighted by Crippen LogP contribution is 2.18. The van der Waals surface area contributed by atoms with Gasteiger partial charge in [0, 0.05) is 11.6 Å². The average molecular weight is 358 g/mol. The van der Waals surface area contributed by atoms with Crippen molar-refractivity contribution in [3.05, 3.63) is 65.7 Å². The minimum atomic E-state index is -3.07. The SMILES string of the molecule is O=C(Nc1ccccc1C(=O)NC1CCS(=O)(=O)C1)c1ccccc1. The number of benzene rings is 2. The van der Waals surface area contributed by atoms with Gasteiger partial charge in [-0.3, -0.25) is 9.59 Å². The lowest BCUT2D eigenvalue weighted by Gasteiger charge is -2.14. The van der Waals surface area contributed by atoms with Gasteiger partial charge in [-0.25, -0.2) is 8.42 Å². The van der Waals surface area contributed by atoms with Crippen molar-refractivity contribution in [2.45, 2.75) is 12.5 Å². The minimum Gasteiger partial charge on any atom is -0.348 e. The van der Waals surface area contributed by atoms with E-state index in [4.69, 9.17) is 0 Å². The van der Waals surface area contributed by atoms with Gasteiger partial charge in [-0.2, -0.15) is 0 Å². The third kappa shape index (κ3) is 4.24.